The summed E-state index contributed by atoms with van der Waals surface area (Å²) in [5.74, 6) is -1.57. The van der Waals surface area contributed by atoms with Gasteiger partial charge >= 0.3 is 18.6 Å². The van der Waals surface area contributed by atoms with Crippen molar-refractivity contribution in [3.63, 3.8) is 0 Å². The molecule has 0 unspecified atom stereocenters. The van der Waals surface area contributed by atoms with E-state index in [9.17, 15) is 31.1 Å². The summed E-state index contributed by atoms with van der Waals surface area (Å²) in [6.07, 6.45) is -7.67. The lowest BCUT2D eigenvalue weighted by molar-refractivity contribution is -0.274. The summed E-state index contributed by atoms with van der Waals surface area (Å²) in [6.45, 7) is 0. The summed E-state index contributed by atoms with van der Waals surface area (Å²) < 4.78 is 87.9. The summed E-state index contributed by atoms with van der Waals surface area (Å²) in [7, 11) is 0. The molecule has 8 nitrogen and oxygen atoms in total. The fourth-order valence-corrected chi connectivity index (χ4v) is 3.29. The van der Waals surface area contributed by atoms with Crippen LogP contribution in [0.15, 0.2) is 79.3 Å². The molecule has 0 aliphatic heterocycles. The Labute approximate surface area is 204 Å². The summed E-state index contributed by atoms with van der Waals surface area (Å²) >= 11 is 0. The molecule has 0 aliphatic rings. The zero-order valence-corrected chi connectivity index (χ0v) is 18.4. The number of rotatable bonds is 6. The lowest BCUT2D eigenvalue weighted by Gasteiger charge is -2.18. The largest absolute Gasteiger partial charge is 0.573 e. The number of carbonyl (C=O) groups excluding carboxylic acids is 1. The molecule has 0 spiro atoms. The highest BCUT2D eigenvalue weighted by Gasteiger charge is 2.41. The van der Waals surface area contributed by atoms with Crippen LogP contribution in [0.1, 0.15) is 23.1 Å². The zero-order valence-electron chi connectivity index (χ0n) is 18.4. The second-order valence-electron chi connectivity index (χ2n) is 7.28. The summed E-state index contributed by atoms with van der Waals surface area (Å²) in [4.78, 5) is 21.0. The maximum absolute atomic E-state index is 13.9. The number of hydrogen-bond acceptors (Lipinski definition) is 6. The van der Waals surface area contributed by atoms with E-state index in [1.807, 2.05) is 0 Å². The van der Waals surface area contributed by atoms with Crippen LogP contribution in [-0.4, -0.2) is 32.2 Å². The van der Waals surface area contributed by atoms with Crippen molar-refractivity contribution in [1.29, 1.82) is 0 Å². The van der Waals surface area contributed by atoms with E-state index < -0.39 is 41.9 Å². The van der Waals surface area contributed by atoms with Crippen LogP contribution in [0.5, 0.6) is 11.5 Å². The van der Waals surface area contributed by atoms with Crippen LogP contribution in [0, 0.1) is 0 Å². The molecule has 0 fully saturated rings. The van der Waals surface area contributed by atoms with Crippen molar-refractivity contribution in [3.05, 3.63) is 96.3 Å². The van der Waals surface area contributed by atoms with E-state index in [2.05, 4.69) is 25.1 Å². The molecule has 1 N–H and O–H groups in total. The van der Waals surface area contributed by atoms with Gasteiger partial charge in [0.1, 0.15) is 11.8 Å². The number of nitrogens with one attached hydrogen (secondary N) is 1. The molecule has 3 heterocycles. The Kier molecular flexibility index (Phi) is 7.00. The Hall–Kier alpha value is -4.62. The first-order chi connectivity index (χ1) is 17.5. The molecule has 0 bridgehead atoms. The van der Waals surface area contributed by atoms with Gasteiger partial charge in [-0.2, -0.15) is 18.3 Å². The van der Waals surface area contributed by atoms with E-state index in [1.165, 1.54) is 12.4 Å². The molecule has 1 aromatic carbocycles. The van der Waals surface area contributed by atoms with Gasteiger partial charge in [-0.25, -0.2) is 9.48 Å². The summed E-state index contributed by atoms with van der Waals surface area (Å²) in [5, 5.41) is 6.05. The van der Waals surface area contributed by atoms with E-state index in [-0.39, 0.29) is 5.69 Å². The number of aromatic nitrogens is 4. The van der Waals surface area contributed by atoms with Gasteiger partial charge < -0.3 is 14.8 Å². The standard InChI is InChI=1S/C23H15F6N5O3/c24-22(25,26)20-18(13-32-34(20)14-7-9-15(10-8-14)37-23(27,28)29)36-21(35)33-19(16-5-1-3-11-30-16)17-6-2-4-12-31-17/h1-13,19H,(H,33,35). The number of nitrogens with zero attached hydrogens (tertiary/aromatic N) is 4. The minimum Gasteiger partial charge on any atom is -0.406 e. The first-order valence-corrected chi connectivity index (χ1v) is 10.3. The van der Waals surface area contributed by atoms with E-state index in [0.717, 1.165) is 24.3 Å². The minimum atomic E-state index is -5.05. The lowest BCUT2D eigenvalue weighted by atomic mass is 10.1. The highest BCUT2D eigenvalue weighted by Crippen LogP contribution is 2.38. The number of carbonyl (C=O) groups is 1. The maximum Gasteiger partial charge on any atom is 0.573 e. The van der Waals surface area contributed by atoms with Crippen LogP contribution in [-0.2, 0) is 6.18 Å². The van der Waals surface area contributed by atoms with Crippen LogP contribution >= 0.6 is 0 Å². The zero-order chi connectivity index (χ0) is 26.6. The third-order valence-electron chi connectivity index (χ3n) is 4.75. The van der Waals surface area contributed by atoms with Crippen molar-refractivity contribution in [2.75, 3.05) is 0 Å². The topological polar surface area (TPSA) is 91.2 Å². The second kappa shape index (κ2) is 10.2. The van der Waals surface area contributed by atoms with Gasteiger partial charge in [0.2, 0.25) is 0 Å². The number of alkyl halides is 6. The Morgan fingerprint density at radius 3 is 1.95 bits per heavy atom. The van der Waals surface area contributed by atoms with Crippen molar-refractivity contribution in [3.8, 4) is 17.2 Å². The molecule has 4 aromatic rings. The number of amides is 1. The fraction of sp³-hybridized carbons (Fsp3) is 0.130. The fourth-order valence-electron chi connectivity index (χ4n) is 3.29. The van der Waals surface area contributed by atoms with Crippen molar-refractivity contribution in [2.45, 2.75) is 18.6 Å². The Morgan fingerprint density at radius 2 is 1.46 bits per heavy atom. The molecular weight excluding hydrogens is 508 g/mol. The molecule has 0 atom stereocenters. The molecule has 0 saturated carbocycles. The maximum atomic E-state index is 13.9. The minimum absolute atomic E-state index is 0.253. The molecular formula is C23H15F6N5O3. The first kappa shape index (κ1) is 25.5. The SMILES string of the molecule is O=C(NC(c1ccccn1)c1ccccn1)Oc1cnn(-c2ccc(OC(F)(F)F)cc2)c1C(F)(F)F. The monoisotopic (exact) mass is 523 g/mol. The van der Waals surface area contributed by atoms with Crippen molar-refractivity contribution < 1.29 is 40.6 Å². The Morgan fingerprint density at radius 1 is 0.865 bits per heavy atom. The van der Waals surface area contributed by atoms with E-state index >= 15 is 0 Å². The van der Waals surface area contributed by atoms with Crippen LogP contribution in [0.3, 0.4) is 0 Å². The quantitative estimate of drug-likeness (QED) is 0.338. The van der Waals surface area contributed by atoms with E-state index in [4.69, 9.17) is 4.74 Å². The number of benzene rings is 1. The molecule has 1 amide bonds. The van der Waals surface area contributed by atoms with Gasteiger partial charge in [-0.3, -0.25) is 9.97 Å². The van der Waals surface area contributed by atoms with Crippen LogP contribution in [0.2, 0.25) is 0 Å². The average Bonchev–Trinajstić information content (AvgIpc) is 3.27. The van der Waals surface area contributed by atoms with Gasteiger partial charge in [-0.15, -0.1) is 13.2 Å². The third kappa shape index (κ3) is 6.34. The average molecular weight is 523 g/mol. The lowest BCUT2D eigenvalue weighted by Crippen LogP contribution is -2.33. The van der Waals surface area contributed by atoms with E-state index in [0.29, 0.717) is 22.3 Å². The first-order valence-electron chi connectivity index (χ1n) is 10.3. The van der Waals surface area contributed by atoms with Gasteiger partial charge in [0.25, 0.3) is 0 Å². The highest BCUT2D eigenvalue weighted by atomic mass is 19.4. The Bertz CT molecular complexity index is 1300. The highest BCUT2D eigenvalue weighted by molar-refractivity contribution is 5.72. The van der Waals surface area contributed by atoms with Crippen LogP contribution in [0.25, 0.3) is 5.69 Å². The third-order valence-corrected chi connectivity index (χ3v) is 4.75. The molecule has 0 aliphatic carbocycles. The smallest absolute Gasteiger partial charge is 0.406 e. The molecule has 37 heavy (non-hydrogen) atoms. The molecule has 0 radical (unpaired) electrons. The predicted molar refractivity (Wildman–Crippen MR) is 115 cm³/mol. The van der Waals surface area contributed by atoms with Crippen molar-refractivity contribution in [1.82, 2.24) is 25.1 Å². The van der Waals surface area contributed by atoms with Crippen LogP contribution in [0.4, 0.5) is 31.1 Å². The predicted octanol–water partition coefficient (Wildman–Crippen LogP) is 5.46. The molecule has 3 aromatic heterocycles. The van der Waals surface area contributed by atoms with Gasteiger partial charge in [-0.05, 0) is 48.5 Å². The van der Waals surface area contributed by atoms with Gasteiger partial charge in [-0.1, -0.05) is 12.1 Å². The molecule has 4 rings (SSSR count). The van der Waals surface area contributed by atoms with Crippen LogP contribution < -0.4 is 14.8 Å². The van der Waals surface area contributed by atoms with Gasteiger partial charge in [0.15, 0.2) is 11.4 Å². The number of halogens is 6. The van der Waals surface area contributed by atoms with E-state index in [1.54, 1.807) is 36.4 Å². The molecule has 0 saturated heterocycles. The van der Waals surface area contributed by atoms with Gasteiger partial charge in [0.05, 0.1) is 23.3 Å². The summed E-state index contributed by atoms with van der Waals surface area (Å²) in [6, 6.07) is 12.3. The Balaban J connectivity index is 1.60. The van der Waals surface area contributed by atoms with Crippen molar-refractivity contribution >= 4 is 6.09 Å². The summed E-state index contributed by atoms with van der Waals surface area (Å²) in [5.41, 5.74) is -1.01. The number of pyridine rings is 2. The normalized spacial score (nSPS) is 11.9. The van der Waals surface area contributed by atoms with Crippen molar-refractivity contribution in [2.24, 2.45) is 0 Å². The second-order valence-corrected chi connectivity index (χ2v) is 7.28. The molecule has 14 heteroatoms. The van der Waals surface area contributed by atoms with Gasteiger partial charge in [0, 0.05) is 12.4 Å². The molecule has 192 valence electrons. The number of ether oxygens (including phenoxy) is 2. The number of hydrogen-bond donors (Lipinski definition) is 1.